The molecule has 7 rings (SSSR count). The summed E-state index contributed by atoms with van der Waals surface area (Å²) in [6, 6.07) is 14.8. The average Bonchev–Trinajstić information content (AvgIpc) is 4.09. The fraction of sp³-hybridized carbons (Fsp3) is 0.489. The van der Waals surface area contributed by atoms with Crippen molar-refractivity contribution < 1.29 is 66.8 Å². The Morgan fingerprint density at radius 3 is 2.43 bits per heavy atom. The zero-order chi connectivity index (χ0) is 52.1. The Hall–Kier alpha value is -5.27. The quantitative estimate of drug-likeness (QED) is 0.0285. The summed E-state index contributed by atoms with van der Waals surface area (Å²) in [5.74, 6) is -1.63. The number of nitrogens with two attached hydrogens (primary N) is 1. The second-order valence-electron chi connectivity index (χ2n) is 18.8. The molecule has 2 aliphatic heterocycles. The number of unbranched alkanes of at least 4 members (excludes halogenated alkanes) is 2. The molecule has 72 heavy (non-hydrogen) atoms. The highest BCUT2D eigenvalue weighted by atomic mass is 32.1. The third-order valence-electron chi connectivity index (χ3n) is 12.2. The number of β-amino-alcohol motifs (C(OH)–C–C–N with tert-alkyl or cyclic N) is 1. The Bertz CT molecular complexity index is 2880. The van der Waals surface area contributed by atoms with Crippen molar-refractivity contribution in [1.82, 2.24) is 40.1 Å². The number of phosphoric ester groups is 1. The zero-order valence-electron chi connectivity index (χ0n) is 40.0. The summed E-state index contributed by atoms with van der Waals surface area (Å²) in [5.41, 5.74) is 9.93. The van der Waals surface area contributed by atoms with Crippen molar-refractivity contribution in [2.24, 2.45) is 5.41 Å². The first-order valence-corrected chi connectivity index (χ1v) is 27.1. The van der Waals surface area contributed by atoms with Gasteiger partial charge in [-0.1, -0.05) is 86.8 Å². The molecule has 5 aromatic rings. The number of aryl methyl sites for hydroxylation is 1. The molecular weight excluding hydrogens is 999 g/mol. The molecule has 11 N–H and O–H groups in total. The van der Waals surface area contributed by atoms with E-state index in [1.807, 2.05) is 61.5 Å². The summed E-state index contributed by atoms with van der Waals surface area (Å²) in [7, 11) is -10.3. The van der Waals surface area contributed by atoms with Crippen LogP contribution < -0.4 is 31.6 Å². The predicted molar refractivity (Wildman–Crippen MR) is 261 cm³/mol. The number of ether oxygens (including phenoxy) is 1. The number of benzene rings is 2. The zero-order valence-corrected chi connectivity index (χ0v) is 42.6. The van der Waals surface area contributed by atoms with Crippen LogP contribution in [0, 0.1) is 12.3 Å². The van der Waals surface area contributed by atoms with E-state index in [1.54, 1.807) is 30.8 Å². The Balaban J connectivity index is 0.842. The highest BCUT2D eigenvalue weighted by molar-refractivity contribution is 7.62. The summed E-state index contributed by atoms with van der Waals surface area (Å²) >= 11 is 1.54. The van der Waals surface area contributed by atoms with Crippen LogP contribution in [0.25, 0.3) is 21.6 Å². The number of aliphatic hydroxyl groups excluding tert-OH is 3. The number of carbonyl (C=O) groups excluding carboxylic acids is 3. The topological polar surface area (TPSA) is 347 Å². The lowest BCUT2D eigenvalue weighted by molar-refractivity contribution is -0.745. The second kappa shape index (κ2) is 22.9. The van der Waals surface area contributed by atoms with Crippen molar-refractivity contribution >= 4 is 61.7 Å². The molecular formula is C45H61N10O14P2S+. The molecule has 2 aliphatic rings. The third-order valence-corrected chi connectivity index (χ3v) is 16.0. The number of imidazole rings is 1. The Kier molecular flexibility index (Phi) is 17.3. The molecule has 2 saturated heterocycles. The van der Waals surface area contributed by atoms with E-state index in [9.17, 15) is 53.4 Å². The van der Waals surface area contributed by atoms with E-state index < -0.39 is 93.6 Å². The number of hydrogen-bond donors (Lipinski definition) is 10. The number of H-pyrrole nitrogens is 1. The Morgan fingerprint density at radius 1 is 1.03 bits per heavy atom. The van der Waals surface area contributed by atoms with Gasteiger partial charge in [-0.3, -0.25) is 33.3 Å². The van der Waals surface area contributed by atoms with E-state index in [4.69, 9.17) is 15.0 Å². The lowest BCUT2D eigenvalue weighted by atomic mass is 9.85. The maximum atomic E-state index is 14.0. The summed E-state index contributed by atoms with van der Waals surface area (Å²) < 4.78 is 43.7. The van der Waals surface area contributed by atoms with Crippen LogP contribution in [-0.2, 0) is 50.2 Å². The Labute approximate surface area is 417 Å². The molecule has 0 radical (unpaired) electrons. The van der Waals surface area contributed by atoms with Crippen molar-refractivity contribution in [1.29, 1.82) is 0 Å². The monoisotopic (exact) mass is 1060 g/mol. The van der Waals surface area contributed by atoms with E-state index in [1.165, 1.54) is 27.1 Å². The first-order chi connectivity index (χ1) is 34.0. The van der Waals surface area contributed by atoms with Gasteiger partial charge in [0.25, 0.3) is 11.5 Å². The molecule has 0 bridgehead atoms. The fourth-order valence-corrected chi connectivity index (χ4v) is 11.7. The van der Waals surface area contributed by atoms with Gasteiger partial charge in [0.05, 0.1) is 35.3 Å². The van der Waals surface area contributed by atoms with Gasteiger partial charge in [0.2, 0.25) is 29.5 Å². The number of hydrogen-bond acceptors (Lipinski definition) is 16. The van der Waals surface area contributed by atoms with Gasteiger partial charge >= 0.3 is 21.2 Å². The van der Waals surface area contributed by atoms with Gasteiger partial charge in [-0.2, -0.15) is 4.31 Å². The van der Waals surface area contributed by atoms with E-state index >= 15 is 0 Å². The molecule has 2 fully saturated rings. The number of rotatable bonds is 21. The number of amides is 3. The van der Waals surface area contributed by atoms with Crippen LogP contribution >= 0.6 is 26.9 Å². The first kappa shape index (κ1) is 54.5. The molecule has 0 aliphatic carbocycles. The number of nitrogens with one attached hydrogen (secondary N) is 4. The van der Waals surface area contributed by atoms with Gasteiger partial charge in [-0.25, -0.2) is 23.8 Å². The minimum absolute atomic E-state index is 0.00686. The van der Waals surface area contributed by atoms with Crippen LogP contribution in [0.4, 0.5) is 5.95 Å². The van der Waals surface area contributed by atoms with Crippen LogP contribution in [0.2, 0.25) is 0 Å². The van der Waals surface area contributed by atoms with Crippen molar-refractivity contribution in [3.05, 3.63) is 93.6 Å². The molecule has 390 valence electrons. The summed E-state index contributed by atoms with van der Waals surface area (Å²) in [5, 5.41) is 40.2. The summed E-state index contributed by atoms with van der Waals surface area (Å²) in [4.78, 5) is 87.6. The molecule has 27 heteroatoms. The molecule has 5 heterocycles. The maximum absolute atomic E-state index is 14.0. The smallest absolute Gasteiger partial charge is 0.391 e. The minimum Gasteiger partial charge on any atom is -0.391 e. The van der Waals surface area contributed by atoms with Gasteiger partial charge in [-0.05, 0) is 41.9 Å². The number of fused-ring (bicyclic) bond motifs is 1. The van der Waals surface area contributed by atoms with E-state index in [0.29, 0.717) is 6.42 Å². The molecule has 3 aromatic heterocycles. The SMILES string of the molecule is Cc1ncsc1-c1ccc(CNC(=O)[C@@H]2C[C@@H](O)CN2C(=O)[C@@H](NC(=O)CCCCCNP(=O)(O)OP(=O)(O)OC[C@H]2O[C@@H]([n+]3cn(Cc4ccccc4)c4c(=O)[nH]c(N)nc43)[C@H](O)[C@@H]2O)C(C)(C)C)cc1. The van der Waals surface area contributed by atoms with Crippen molar-refractivity contribution in [2.75, 3.05) is 25.4 Å². The molecule has 3 amide bonds. The third kappa shape index (κ3) is 13.5. The average molecular weight is 1060 g/mol. The van der Waals surface area contributed by atoms with Crippen LogP contribution in [0.1, 0.15) is 75.9 Å². The number of aliphatic hydroxyl groups is 3. The number of aromatic nitrogens is 5. The minimum atomic E-state index is -5.30. The van der Waals surface area contributed by atoms with Gasteiger partial charge in [0.15, 0.2) is 6.33 Å². The molecule has 24 nitrogen and oxygen atoms in total. The normalized spacial score (nSPS) is 22.4. The van der Waals surface area contributed by atoms with E-state index in [-0.39, 0.29) is 69.0 Å². The number of nitrogen functional groups attached to an aromatic ring is 1. The van der Waals surface area contributed by atoms with Crippen LogP contribution in [0.15, 0.2) is 71.2 Å². The van der Waals surface area contributed by atoms with Crippen molar-refractivity contribution in [3.8, 4) is 10.4 Å². The van der Waals surface area contributed by atoms with Gasteiger partial charge in [-0.15, -0.1) is 11.3 Å². The van der Waals surface area contributed by atoms with E-state index in [0.717, 1.165) is 27.3 Å². The lowest BCUT2D eigenvalue weighted by Gasteiger charge is -2.35. The predicted octanol–water partition coefficient (Wildman–Crippen LogP) is 1.89. The summed E-state index contributed by atoms with van der Waals surface area (Å²) in [6.45, 7) is 6.50. The standard InChI is InChI=1S/C45H60N10O14P2S/c1-26-37(72-24-48-26)29-16-14-27(15-17-29)20-47-40(60)31-19-30(56)22-54(31)42(62)38(45(2,3)4)50-33(57)13-9-6-10-18-49-70(63,64)69-71(65,66)67-23-32-35(58)36(59)43(68-32)55-25-53(21-28-11-7-5-8-12-28)34-39(55)51-44(46)52-41(34)61/h5,7-8,11-12,14-17,24-25,30-32,35-36,38,43,56,58-59H,6,9-10,13,18-23H2,1-4H3,(H7-,46,47,49,50,51,52,57,60,61,63,64,65,66)/p+1/t30-,31+,32-,35-,36-,38-,43-/m1/s1. The van der Waals surface area contributed by atoms with Gasteiger partial charge in [0.1, 0.15) is 30.4 Å². The number of likely N-dealkylation sites (tertiary alicyclic amines) is 1. The first-order valence-electron chi connectivity index (χ1n) is 23.2. The molecule has 2 aromatic carbocycles. The number of nitrogens with zero attached hydrogens (tertiary/aromatic N) is 5. The van der Waals surface area contributed by atoms with Crippen LogP contribution in [-0.4, -0.2) is 123 Å². The number of phosphoric acid groups is 1. The van der Waals surface area contributed by atoms with Crippen LogP contribution in [0.5, 0.6) is 0 Å². The van der Waals surface area contributed by atoms with Gasteiger partial charge < -0.3 is 51.1 Å². The van der Waals surface area contributed by atoms with Crippen LogP contribution in [0.3, 0.4) is 0 Å². The highest BCUT2D eigenvalue weighted by Crippen LogP contribution is 2.58. The number of thiazole rings is 1. The fourth-order valence-electron chi connectivity index (χ4n) is 8.54. The largest absolute Gasteiger partial charge is 0.480 e. The lowest BCUT2D eigenvalue weighted by Crippen LogP contribution is -2.57. The second-order valence-corrected chi connectivity index (χ2v) is 22.9. The van der Waals surface area contributed by atoms with Crippen molar-refractivity contribution in [2.45, 2.75) is 116 Å². The Morgan fingerprint density at radius 2 is 1.75 bits per heavy atom. The maximum Gasteiger partial charge on any atom is 0.480 e. The van der Waals surface area contributed by atoms with Gasteiger partial charge in [0, 0.05) is 32.5 Å². The molecule has 9 atom stereocenters. The number of anilines is 1. The van der Waals surface area contributed by atoms with Crippen molar-refractivity contribution in [3.63, 3.8) is 0 Å². The molecule has 2 unspecified atom stereocenters. The number of aromatic amines is 1. The highest BCUT2D eigenvalue weighted by Gasteiger charge is 2.49. The number of carbonyl (C=O) groups is 3. The summed E-state index contributed by atoms with van der Waals surface area (Å²) in [6.07, 6.45) is -4.89. The van der Waals surface area contributed by atoms with E-state index in [2.05, 4.69) is 35.0 Å². The molecule has 0 spiro atoms. The molecule has 0 saturated carbocycles.